The Hall–Kier alpha value is -2.59. The van der Waals surface area contributed by atoms with Crippen molar-refractivity contribution in [1.29, 1.82) is 0 Å². The van der Waals surface area contributed by atoms with E-state index in [2.05, 4.69) is 15.5 Å². The summed E-state index contributed by atoms with van der Waals surface area (Å²) in [4.78, 5) is 12.3. The summed E-state index contributed by atoms with van der Waals surface area (Å²) in [5.74, 6) is 1.23. The summed E-state index contributed by atoms with van der Waals surface area (Å²) in [5.41, 5.74) is 1.07. The van der Waals surface area contributed by atoms with Crippen LogP contribution in [0.3, 0.4) is 0 Å². The standard InChI is InChI=1S/C19H20N4O4S2/c24-17(20-15-8-10-29(25,26)13-15)12-28-19-22-21-18(16-7-4-9-27-16)23(19)11-14-5-2-1-3-6-14/h1-7,9,15H,8,10-13H2,(H,20,24)/t15-/m0/s1. The summed E-state index contributed by atoms with van der Waals surface area (Å²) in [6.45, 7) is 0.536. The van der Waals surface area contributed by atoms with Gasteiger partial charge >= 0.3 is 0 Å². The fraction of sp³-hybridized carbons (Fsp3) is 0.316. The van der Waals surface area contributed by atoms with Crippen molar-refractivity contribution in [3.63, 3.8) is 0 Å². The zero-order valence-corrected chi connectivity index (χ0v) is 17.2. The molecule has 3 aromatic rings. The van der Waals surface area contributed by atoms with Gasteiger partial charge in [0.15, 0.2) is 20.8 Å². The highest BCUT2D eigenvalue weighted by Crippen LogP contribution is 2.25. The van der Waals surface area contributed by atoms with Crippen molar-refractivity contribution in [2.75, 3.05) is 17.3 Å². The number of carbonyl (C=O) groups excluding carboxylic acids is 1. The number of benzene rings is 1. The van der Waals surface area contributed by atoms with Gasteiger partial charge in [0.05, 0.1) is 30.1 Å². The van der Waals surface area contributed by atoms with Crippen LogP contribution < -0.4 is 5.32 Å². The molecule has 1 N–H and O–H groups in total. The van der Waals surface area contributed by atoms with Crippen molar-refractivity contribution in [2.24, 2.45) is 0 Å². The van der Waals surface area contributed by atoms with Gasteiger partial charge in [-0.1, -0.05) is 42.1 Å². The van der Waals surface area contributed by atoms with Gasteiger partial charge in [-0.05, 0) is 24.1 Å². The molecule has 0 radical (unpaired) electrons. The Morgan fingerprint density at radius 1 is 1.21 bits per heavy atom. The molecule has 1 atom stereocenters. The third-order valence-electron chi connectivity index (χ3n) is 4.57. The van der Waals surface area contributed by atoms with Crippen LogP contribution in [0.2, 0.25) is 0 Å². The first-order valence-electron chi connectivity index (χ1n) is 9.14. The molecule has 0 aliphatic carbocycles. The normalized spacial score (nSPS) is 18.0. The lowest BCUT2D eigenvalue weighted by Crippen LogP contribution is -2.36. The van der Waals surface area contributed by atoms with Crippen molar-refractivity contribution < 1.29 is 17.6 Å². The largest absolute Gasteiger partial charge is 0.461 e. The van der Waals surface area contributed by atoms with Crippen molar-refractivity contribution in [3.8, 4) is 11.6 Å². The lowest BCUT2D eigenvalue weighted by atomic mass is 10.2. The molecule has 1 saturated heterocycles. The third-order valence-corrected chi connectivity index (χ3v) is 7.31. The quantitative estimate of drug-likeness (QED) is 0.569. The van der Waals surface area contributed by atoms with Crippen LogP contribution in [0.1, 0.15) is 12.0 Å². The smallest absolute Gasteiger partial charge is 0.230 e. The molecule has 0 saturated carbocycles. The Labute approximate surface area is 172 Å². The number of furan rings is 1. The van der Waals surface area contributed by atoms with Crippen LogP contribution >= 0.6 is 11.8 Å². The van der Waals surface area contributed by atoms with E-state index in [1.165, 1.54) is 11.8 Å². The molecule has 0 bridgehead atoms. The highest BCUT2D eigenvalue weighted by Gasteiger charge is 2.29. The molecule has 1 aromatic carbocycles. The molecular weight excluding hydrogens is 412 g/mol. The van der Waals surface area contributed by atoms with Crippen LogP contribution in [0.4, 0.5) is 0 Å². The molecular formula is C19H20N4O4S2. The minimum atomic E-state index is -3.03. The Balaban J connectivity index is 1.47. The van der Waals surface area contributed by atoms with E-state index in [9.17, 15) is 13.2 Å². The number of sulfone groups is 1. The van der Waals surface area contributed by atoms with Crippen molar-refractivity contribution >= 4 is 27.5 Å². The van der Waals surface area contributed by atoms with Gasteiger partial charge in [-0.15, -0.1) is 10.2 Å². The van der Waals surface area contributed by atoms with Gasteiger partial charge in [0.1, 0.15) is 0 Å². The van der Waals surface area contributed by atoms with Crippen LogP contribution in [-0.4, -0.2) is 52.4 Å². The molecule has 152 valence electrons. The topological polar surface area (TPSA) is 107 Å². The van der Waals surface area contributed by atoms with Gasteiger partial charge in [0.25, 0.3) is 0 Å². The number of nitrogens with one attached hydrogen (secondary N) is 1. The van der Waals surface area contributed by atoms with Gasteiger partial charge in [-0.25, -0.2) is 8.42 Å². The Morgan fingerprint density at radius 2 is 2.03 bits per heavy atom. The Kier molecular flexibility index (Phi) is 5.72. The fourth-order valence-corrected chi connectivity index (χ4v) is 5.62. The molecule has 1 aliphatic rings. The number of aromatic nitrogens is 3. The summed E-state index contributed by atoms with van der Waals surface area (Å²) < 4.78 is 30.5. The van der Waals surface area contributed by atoms with E-state index < -0.39 is 9.84 Å². The number of carbonyl (C=O) groups is 1. The maximum Gasteiger partial charge on any atom is 0.230 e. The molecule has 10 heteroatoms. The molecule has 0 unspecified atom stereocenters. The number of amides is 1. The highest BCUT2D eigenvalue weighted by molar-refractivity contribution is 7.99. The molecule has 1 amide bonds. The zero-order chi connectivity index (χ0) is 20.3. The Bertz CT molecular complexity index is 1080. The second-order valence-corrected chi connectivity index (χ2v) is 9.98. The predicted octanol–water partition coefficient (Wildman–Crippen LogP) is 1.98. The second-order valence-electron chi connectivity index (χ2n) is 6.81. The van der Waals surface area contributed by atoms with Gasteiger partial charge in [-0.2, -0.15) is 0 Å². The van der Waals surface area contributed by atoms with Crippen molar-refractivity contribution in [3.05, 3.63) is 54.3 Å². The second kappa shape index (κ2) is 8.42. The van der Waals surface area contributed by atoms with Crippen LogP contribution in [0.5, 0.6) is 0 Å². The summed E-state index contributed by atoms with van der Waals surface area (Å²) in [6, 6.07) is 13.2. The number of nitrogens with zero attached hydrogens (tertiary/aromatic N) is 3. The summed E-state index contributed by atoms with van der Waals surface area (Å²) >= 11 is 1.26. The van der Waals surface area contributed by atoms with Crippen LogP contribution in [0, 0.1) is 0 Å². The number of thioether (sulfide) groups is 1. The predicted molar refractivity (Wildman–Crippen MR) is 109 cm³/mol. The van der Waals surface area contributed by atoms with E-state index in [1.54, 1.807) is 12.3 Å². The minimum Gasteiger partial charge on any atom is -0.461 e. The maximum atomic E-state index is 12.3. The lowest BCUT2D eigenvalue weighted by Gasteiger charge is -2.11. The van der Waals surface area contributed by atoms with E-state index >= 15 is 0 Å². The van der Waals surface area contributed by atoms with Crippen molar-refractivity contribution in [2.45, 2.75) is 24.2 Å². The monoisotopic (exact) mass is 432 g/mol. The summed E-state index contributed by atoms with van der Waals surface area (Å²) in [6.07, 6.45) is 2.04. The van der Waals surface area contributed by atoms with Crippen LogP contribution in [0.25, 0.3) is 11.6 Å². The molecule has 29 heavy (non-hydrogen) atoms. The lowest BCUT2D eigenvalue weighted by molar-refractivity contribution is -0.119. The number of hydrogen-bond donors (Lipinski definition) is 1. The summed E-state index contributed by atoms with van der Waals surface area (Å²) in [5, 5.41) is 11.9. The third kappa shape index (κ3) is 4.88. The summed E-state index contributed by atoms with van der Waals surface area (Å²) in [7, 11) is -3.03. The van der Waals surface area contributed by atoms with E-state index in [0.717, 1.165) is 5.56 Å². The first-order valence-corrected chi connectivity index (χ1v) is 11.9. The first kappa shape index (κ1) is 19.7. The van der Waals surface area contributed by atoms with E-state index in [-0.39, 0.29) is 29.2 Å². The van der Waals surface area contributed by atoms with Gasteiger partial charge in [-0.3, -0.25) is 9.36 Å². The minimum absolute atomic E-state index is 0.0102. The SMILES string of the molecule is O=C(CSc1nnc(-c2ccco2)n1Cc1ccccc1)N[C@H]1CCS(=O)(=O)C1. The number of rotatable bonds is 7. The average molecular weight is 433 g/mol. The van der Waals surface area contributed by atoms with Gasteiger partial charge in [0, 0.05) is 6.04 Å². The molecule has 4 rings (SSSR count). The van der Waals surface area contributed by atoms with Gasteiger partial charge < -0.3 is 9.73 Å². The highest BCUT2D eigenvalue weighted by atomic mass is 32.2. The molecule has 3 heterocycles. The molecule has 8 nitrogen and oxygen atoms in total. The van der Waals surface area contributed by atoms with Crippen molar-refractivity contribution in [1.82, 2.24) is 20.1 Å². The number of hydrogen-bond acceptors (Lipinski definition) is 7. The first-order chi connectivity index (χ1) is 14.0. The fourth-order valence-electron chi connectivity index (χ4n) is 3.20. The molecule has 1 fully saturated rings. The molecule has 2 aromatic heterocycles. The van der Waals surface area contributed by atoms with E-state index in [4.69, 9.17) is 4.42 Å². The van der Waals surface area contributed by atoms with E-state index in [1.807, 2.05) is 41.0 Å². The van der Waals surface area contributed by atoms with Gasteiger partial charge in [0.2, 0.25) is 11.7 Å². The maximum absolute atomic E-state index is 12.3. The average Bonchev–Trinajstić information content (AvgIpc) is 3.42. The Morgan fingerprint density at radius 3 is 2.72 bits per heavy atom. The molecule has 0 spiro atoms. The molecule has 1 aliphatic heterocycles. The van der Waals surface area contributed by atoms with Crippen LogP contribution in [-0.2, 0) is 21.2 Å². The van der Waals surface area contributed by atoms with E-state index in [0.29, 0.717) is 29.7 Å². The van der Waals surface area contributed by atoms with Crippen LogP contribution in [0.15, 0.2) is 58.3 Å². The zero-order valence-electron chi connectivity index (χ0n) is 15.5.